The summed E-state index contributed by atoms with van der Waals surface area (Å²) in [7, 11) is 0. The molecule has 1 saturated heterocycles. The van der Waals surface area contributed by atoms with E-state index < -0.39 is 11.0 Å². The van der Waals surface area contributed by atoms with Crippen LogP contribution in [0.5, 0.6) is 0 Å². The molecule has 0 radical (unpaired) electrons. The van der Waals surface area contributed by atoms with Crippen molar-refractivity contribution < 1.29 is 19.1 Å². The van der Waals surface area contributed by atoms with Crippen molar-refractivity contribution in [1.29, 1.82) is 0 Å². The Morgan fingerprint density at radius 2 is 2.21 bits per heavy atom. The van der Waals surface area contributed by atoms with Gasteiger partial charge in [-0.2, -0.15) is 0 Å². The van der Waals surface area contributed by atoms with Crippen molar-refractivity contribution in [2.75, 3.05) is 6.61 Å². The highest BCUT2D eigenvalue weighted by atomic mass is 16.6. The molecular weight excluding hydrogens is 184 g/mol. The topological polar surface area (TPSA) is 52.6 Å². The fourth-order valence-corrected chi connectivity index (χ4v) is 2.37. The van der Waals surface area contributed by atoms with E-state index in [1.165, 1.54) is 0 Å². The van der Waals surface area contributed by atoms with E-state index in [1.807, 2.05) is 6.92 Å². The minimum atomic E-state index is -0.531. The molecule has 1 heterocycles. The van der Waals surface area contributed by atoms with Crippen molar-refractivity contribution in [3.8, 4) is 0 Å². The molecule has 2 atom stereocenters. The molecule has 4 heteroatoms. The summed E-state index contributed by atoms with van der Waals surface area (Å²) >= 11 is 0. The number of carbonyl (C=O) groups excluding carboxylic acids is 2. The zero-order chi connectivity index (χ0) is 10.4. The highest BCUT2D eigenvalue weighted by molar-refractivity contribution is 5.90. The predicted octanol–water partition coefficient (Wildman–Crippen LogP) is 1.04. The zero-order valence-corrected chi connectivity index (χ0v) is 8.46. The molecule has 14 heavy (non-hydrogen) atoms. The van der Waals surface area contributed by atoms with Crippen LogP contribution < -0.4 is 0 Å². The Bertz CT molecular complexity index is 288. The number of rotatable bonds is 3. The smallest absolute Gasteiger partial charge is 0.316 e. The molecule has 0 aromatic carbocycles. The number of esters is 2. The van der Waals surface area contributed by atoms with Crippen LogP contribution in [0.1, 0.15) is 33.1 Å². The highest BCUT2D eigenvalue weighted by Crippen LogP contribution is 2.67. The lowest BCUT2D eigenvalue weighted by atomic mass is 9.93. The van der Waals surface area contributed by atoms with E-state index >= 15 is 0 Å². The van der Waals surface area contributed by atoms with Gasteiger partial charge in [-0.3, -0.25) is 9.59 Å². The van der Waals surface area contributed by atoms with Gasteiger partial charge in [0.1, 0.15) is 11.0 Å². The first-order valence-electron chi connectivity index (χ1n) is 4.99. The van der Waals surface area contributed by atoms with Gasteiger partial charge in [0.15, 0.2) is 0 Å². The third-order valence-electron chi connectivity index (χ3n) is 3.34. The molecule has 78 valence electrons. The predicted molar refractivity (Wildman–Crippen MR) is 47.4 cm³/mol. The number of ether oxygens (including phenoxy) is 2. The summed E-state index contributed by atoms with van der Waals surface area (Å²) in [5.74, 6) is -0.417. The van der Waals surface area contributed by atoms with Crippen molar-refractivity contribution >= 4 is 11.9 Å². The minimum Gasteiger partial charge on any atom is -0.465 e. The van der Waals surface area contributed by atoms with Crippen LogP contribution >= 0.6 is 0 Å². The van der Waals surface area contributed by atoms with Gasteiger partial charge < -0.3 is 9.47 Å². The number of carbonyl (C=O) groups is 2. The first-order chi connectivity index (χ1) is 6.60. The van der Waals surface area contributed by atoms with Crippen molar-refractivity contribution in [3.05, 3.63) is 0 Å². The summed E-state index contributed by atoms with van der Waals surface area (Å²) in [5.41, 5.74) is -1.03. The Balaban J connectivity index is 2.08. The summed E-state index contributed by atoms with van der Waals surface area (Å²) in [4.78, 5) is 22.4. The normalized spacial score (nSPS) is 38.9. The van der Waals surface area contributed by atoms with Gasteiger partial charge >= 0.3 is 11.9 Å². The van der Waals surface area contributed by atoms with E-state index in [0.29, 0.717) is 25.9 Å². The van der Waals surface area contributed by atoms with Crippen molar-refractivity contribution in [3.63, 3.8) is 0 Å². The van der Waals surface area contributed by atoms with Crippen LogP contribution in [-0.2, 0) is 19.1 Å². The van der Waals surface area contributed by atoms with Crippen molar-refractivity contribution in [1.82, 2.24) is 0 Å². The standard InChI is InChI=1S/C10H14O4/c1-3-9(8(12)13-4-2)6-10(9)5-7(11)14-10/h3-6H2,1-2H3/t9-,10-/m0/s1. The van der Waals surface area contributed by atoms with Crippen LogP contribution in [0.4, 0.5) is 0 Å². The van der Waals surface area contributed by atoms with E-state index in [2.05, 4.69) is 0 Å². The second kappa shape index (κ2) is 2.72. The third-order valence-corrected chi connectivity index (χ3v) is 3.34. The molecule has 1 spiro atoms. The lowest BCUT2D eigenvalue weighted by molar-refractivity contribution is -0.183. The van der Waals surface area contributed by atoms with Gasteiger partial charge in [-0.25, -0.2) is 0 Å². The minimum absolute atomic E-state index is 0.204. The first-order valence-corrected chi connectivity index (χ1v) is 4.99. The third kappa shape index (κ3) is 0.938. The van der Waals surface area contributed by atoms with Gasteiger partial charge in [-0.15, -0.1) is 0 Å². The molecule has 0 aromatic heterocycles. The van der Waals surface area contributed by atoms with Crippen LogP contribution in [0.25, 0.3) is 0 Å². The summed E-state index contributed by atoms with van der Waals surface area (Å²) in [6.07, 6.45) is 1.69. The Morgan fingerprint density at radius 3 is 2.64 bits per heavy atom. The summed E-state index contributed by atoms with van der Waals surface area (Å²) in [6.45, 7) is 4.09. The Hall–Kier alpha value is -1.06. The fraction of sp³-hybridized carbons (Fsp3) is 0.800. The average molecular weight is 198 g/mol. The van der Waals surface area contributed by atoms with E-state index in [0.717, 1.165) is 0 Å². The summed E-state index contributed by atoms with van der Waals surface area (Å²) in [5, 5.41) is 0. The number of hydrogen-bond acceptors (Lipinski definition) is 4. The van der Waals surface area contributed by atoms with Gasteiger partial charge in [-0.05, 0) is 13.3 Å². The van der Waals surface area contributed by atoms with Gasteiger partial charge in [0.25, 0.3) is 0 Å². The van der Waals surface area contributed by atoms with Gasteiger partial charge in [0.2, 0.25) is 0 Å². The molecule has 0 amide bonds. The van der Waals surface area contributed by atoms with Gasteiger partial charge in [-0.1, -0.05) is 6.92 Å². The van der Waals surface area contributed by atoms with Gasteiger partial charge in [0.05, 0.1) is 13.0 Å². The quantitative estimate of drug-likeness (QED) is 0.636. The van der Waals surface area contributed by atoms with Crippen molar-refractivity contribution in [2.45, 2.75) is 38.7 Å². The maximum atomic E-state index is 11.7. The molecule has 2 fully saturated rings. The maximum Gasteiger partial charge on any atom is 0.316 e. The summed E-state index contributed by atoms with van der Waals surface area (Å²) < 4.78 is 10.1. The lowest BCUT2D eigenvalue weighted by Crippen LogP contribution is -2.43. The van der Waals surface area contributed by atoms with Crippen LogP contribution in [-0.4, -0.2) is 24.1 Å². The molecule has 4 nitrogen and oxygen atoms in total. The van der Waals surface area contributed by atoms with E-state index in [-0.39, 0.29) is 11.9 Å². The second-order valence-electron chi connectivity index (χ2n) is 3.98. The summed E-state index contributed by atoms with van der Waals surface area (Å²) in [6, 6.07) is 0. The van der Waals surface area contributed by atoms with Gasteiger partial charge in [0, 0.05) is 6.42 Å². The molecule has 1 saturated carbocycles. The number of hydrogen-bond donors (Lipinski definition) is 0. The molecule has 1 aliphatic carbocycles. The van der Waals surface area contributed by atoms with E-state index in [4.69, 9.17) is 9.47 Å². The van der Waals surface area contributed by atoms with Crippen LogP contribution in [0.3, 0.4) is 0 Å². The first kappa shape index (κ1) is 9.49. The maximum absolute atomic E-state index is 11.7. The molecule has 1 aliphatic heterocycles. The largest absolute Gasteiger partial charge is 0.465 e. The Kier molecular flexibility index (Phi) is 1.84. The zero-order valence-electron chi connectivity index (χ0n) is 8.46. The lowest BCUT2D eigenvalue weighted by Gasteiger charge is -2.30. The Labute approximate surface area is 82.6 Å². The molecule has 0 unspecified atom stereocenters. The SMILES string of the molecule is CCOC(=O)[C@]1(CC)C[C@@]12CC(=O)O2. The molecule has 0 N–H and O–H groups in total. The Morgan fingerprint density at radius 1 is 1.57 bits per heavy atom. The van der Waals surface area contributed by atoms with E-state index in [9.17, 15) is 9.59 Å². The van der Waals surface area contributed by atoms with E-state index in [1.54, 1.807) is 6.92 Å². The van der Waals surface area contributed by atoms with Crippen molar-refractivity contribution in [2.24, 2.45) is 5.41 Å². The van der Waals surface area contributed by atoms with Crippen LogP contribution in [0.2, 0.25) is 0 Å². The fourth-order valence-electron chi connectivity index (χ4n) is 2.37. The average Bonchev–Trinajstić information content (AvgIpc) is 2.75. The molecule has 0 aromatic rings. The highest BCUT2D eigenvalue weighted by Gasteiger charge is 2.79. The van der Waals surface area contributed by atoms with Crippen LogP contribution in [0.15, 0.2) is 0 Å². The monoisotopic (exact) mass is 198 g/mol. The molecule has 2 rings (SSSR count). The molecule has 0 bridgehead atoms. The molecular formula is C10H14O4. The molecule has 2 aliphatic rings. The second-order valence-corrected chi connectivity index (χ2v) is 3.98. The van der Waals surface area contributed by atoms with Crippen LogP contribution in [0, 0.1) is 5.41 Å².